The van der Waals surface area contributed by atoms with Crippen molar-refractivity contribution in [2.75, 3.05) is 13.7 Å². The molecule has 0 aromatic heterocycles. The average molecular weight is 130 g/mol. The lowest BCUT2D eigenvalue weighted by atomic mass is 9.95. The van der Waals surface area contributed by atoms with Crippen molar-refractivity contribution < 1.29 is 4.74 Å². The summed E-state index contributed by atoms with van der Waals surface area (Å²) in [5.74, 6) is 1.50. The summed E-state index contributed by atoms with van der Waals surface area (Å²) in [5, 5.41) is 0. The number of ether oxygens (including phenoxy) is 1. The summed E-state index contributed by atoms with van der Waals surface area (Å²) in [6.45, 7) is 7.62. The maximum Gasteiger partial charge on any atom is 0.0490 e. The number of hydrogen-bond donors (Lipinski definition) is 0. The lowest BCUT2D eigenvalue weighted by Gasteiger charge is -2.16. The van der Waals surface area contributed by atoms with E-state index in [0.717, 1.165) is 12.5 Å². The summed E-state index contributed by atoms with van der Waals surface area (Å²) in [5.41, 5.74) is 0. The van der Waals surface area contributed by atoms with E-state index in [-0.39, 0.29) is 0 Å². The monoisotopic (exact) mass is 130 g/mol. The maximum absolute atomic E-state index is 5.03. The smallest absolute Gasteiger partial charge is 0.0490 e. The van der Waals surface area contributed by atoms with Crippen LogP contribution in [0.4, 0.5) is 0 Å². The van der Waals surface area contributed by atoms with E-state index in [1.54, 1.807) is 7.11 Å². The molecule has 0 spiro atoms. The zero-order valence-corrected chi connectivity index (χ0v) is 6.98. The number of hydrogen-bond acceptors (Lipinski definition) is 1. The molecule has 0 bridgehead atoms. The molecule has 1 nitrogen and oxygen atoms in total. The summed E-state index contributed by atoms with van der Waals surface area (Å²) >= 11 is 0. The van der Waals surface area contributed by atoms with Crippen molar-refractivity contribution >= 4 is 0 Å². The highest BCUT2D eigenvalue weighted by Crippen LogP contribution is 2.13. The van der Waals surface area contributed by atoms with Gasteiger partial charge in [-0.2, -0.15) is 0 Å². The minimum absolute atomic E-state index is 0.708. The van der Waals surface area contributed by atoms with E-state index >= 15 is 0 Å². The van der Waals surface area contributed by atoms with Crippen molar-refractivity contribution in [1.82, 2.24) is 0 Å². The van der Waals surface area contributed by atoms with E-state index in [4.69, 9.17) is 4.74 Å². The molecule has 0 aliphatic carbocycles. The second-order valence-corrected chi connectivity index (χ2v) is 2.82. The Kier molecular flexibility index (Phi) is 4.78. The van der Waals surface area contributed by atoms with Gasteiger partial charge in [0, 0.05) is 13.7 Å². The van der Waals surface area contributed by atoms with Gasteiger partial charge in [-0.25, -0.2) is 0 Å². The zero-order chi connectivity index (χ0) is 7.28. The van der Waals surface area contributed by atoms with Gasteiger partial charge in [-0.3, -0.25) is 0 Å². The molecule has 0 aromatic rings. The first kappa shape index (κ1) is 8.96. The van der Waals surface area contributed by atoms with Crippen LogP contribution in [0.25, 0.3) is 0 Å². The van der Waals surface area contributed by atoms with Crippen molar-refractivity contribution in [2.45, 2.75) is 27.2 Å². The molecule has 0 aromatic carbocycles. The molecule has 2 atom stereocenters. The van der Waals surface area contributed by atoms with E-state index < -0.39 is 0 Å². The molecule has 0 fully saturated rings. The van der Waals surface area contributed by atoms with Crippen LogP contribution in [-0.2, 0) is 4.74 Å². The van der Waals surface area contributed by atoms with Crippen molar-refractivity contribution in [2.24, 2.45) is 11.8 Å². The summed E-state index contributed by atoms with van der Waals surface area (Å²) < 4.78 is 5.03. The van der Waals surface area contributed by atoms with Gasteiger partial charge < -0.3 is 4.74 Å². The van der Waals surface area contributed by atoms with Crippen LogP contribution in [0.3, 0.4) is 0 Å². The molecular formula is C8H18O. The largest absolute Gasteiger partial charge is 0.384 e. The molecule has 0 amide bonds. The van der Waals surface area contributed by atoms with Gasteiger partial charge in [-0.1, -0.05) is 27.2 Å². The first-order chi connectivity index (χ1) is 4.22. The Morgan fingerprint density at radius 3 is 2.11 bits per heavy atom. The minimum atomic E-state index is 0.708. The van der Waals surface area contributed by atoms with Gasteiger partial charge in [0.1, 0.15) is 0 Å². The molecule has 0 heterocycles. The first-order valence-electron chi connectivity index (χ1n) is 3.71. The van der Waals surface area contributed by atoms with Crippen LogP contribution >= 0.6 is 0 Å². The average Bonchev–Trinajstić information content (AvgIpc) is 1.87. The lowest BCUT2D eigenvalue weighted by molar-refractivity contribution is 0.133. The Hall–Kier alpha value is -0.0400. The van der Waals surface area contributed by atoms with E-state index in [0.29, 0.717) is 5.92 Å². The minimum Gasteiger partial charge on any atom is -0.384 e. The van der Waals surface area contributed by atoms with Crippen LogP contribution in [-0.4, -0.2) is 13.7 Å². The SMILES string of the molecule is CCC(C)C(C)COC. The molecule has 0 radical (unpaired) electrons. The summed E-state index contributed by atoms with van der Waals surface area (Å²) in [4.78, 5) is 0. The standard InChI is InChI=1S/C8H18O/c1-5-7(2)8(3)6-9-4/h7-8H,5-6H2,1-4H3. The van der Waals surface area contributed by atoms with Crippen molar-refractivity contribution in [3.05, 3.63) is 0 Å². The van der Waals surface area contributed by atoms with E-state index in [2.05, 4.69) is 20.8 Å². The fourth-order valence-corrected chi connectivity index (χ4v) is 0.830. The molecule has 0 aliphatic heterocycles. The summed E-state index contributed by atoms with van der Waals surface area (Å²) in [6.07, 6.45) is 1.25. The Bertz CT molecular complexity index is 61.6. The van der Waals surface area contributed by atoms with Gasteiger partial charge in [-0.05, 0) is 11.8 Å². The fraction of sp³-hybridized carbons (Fsp3) is 1.00. The molecule has 0 saturated carbocycles. The van der Waals surface area contributed by atoms with Gasteiger partial charge >= 0.3 is 0 Å². The summed E-state index contributed by atoms with van der Waals surface area (Å²) in [6, 6.07) is 0. The number of methoxy groups -OCH3 is 1. The van der Waals surface area contributed by atoms with Gasteiger partial charge in [-0.15, -0.1) is 0 Å². The predicted molar refractivity (Wildman–Crippen MR) is 40.5 cm³/mol. The van der Waals surface area contributed by atoms with Gasteiger partial charge in [0.25, 0.3) is 0 Å². The van der Waals surface area contributed by atoms with Crippen LogP contribution in [0.5, 0.6) is 0 Å². The molecule has 0 rings (SSSR count). The Morgan fingerprint density at radius 2 is 1.78 bits per heavy atom. The molecule has 2 unspecified atom stereocenters. The highest BCUT2D eigenvalue weighted by molar-refractivity contribution is 4.57. The van der Waals surface area contributed by atoms with Crippen LogP contribution in [0, 0.1) is 11.8 Å². The second-order valence-electron chi connectivity index (χ2n) is 2.82. The van der Waals surface area contributed by atoms with Crippen LogP contribution in [0.1, 0.15) is 27.2 Å². The van der Waals surface area contributed by atoms with Gasteiger partial charge in [0.05, 0.1) is 0 Å². The second kappa shape index (κ2) is 4.80. The van der Waals surface area contributed by atoms with Crippen molar-refractivity contribution in [3.63, 3.8) is 0 Å². The van der Waals surface area contributed by atoms with Gasteiger partial charge in [0.2, 0.25) is 0 Å². The molecule has 0 saturated heterocycles. The normalized spacial score (nSPS) is 17.3. The third-order valence-electron chi connectivity index (χ3n) is 2.04. The van der Waals surface area contributed by atoms with Crippen LogP contribution < -0.4 is 0 Å². The molecule has 9 heavy (non-hydrogen) atoms. The molecule has 0 aliphatic rings. The highest BCUT2D eigenvalue weighted by atomic mass is 16.5. The van der Waals surface area contributed by atoms with Gasteiger partial charge in [0.15, 0.2) is 0 Å². The fourth-order valence-electron chi connectivity index (χ4n) is 0.830. The Morgan fingerprint density at radius 1 is 1.22 bits per heavy atom. The van der Waals surface area contributed by atoms with E-state index in [9.17, 15) is 0 Å². The molecule has 0 N–H and O–H groups in total. The topological polar surface area (TPSA) is 9.23 Å². The zero-order valence-electron chi connectivity index (χ0n) is 6.98. The van der Waals surface area contributed by atoms with E-state index in [1.165, 1.54) is 6.42 Å². The molecular weight excluding hydrogens is 112 g/mol. The summed E-state index contributed by atoms with van der Waals surface area (Å²) in [7, 11) is 1.76. The predicted octanol–water partition coefficient (Wildman–Crippen LogP) is 2.32. The lowest BCUT2D eigenvalue weighted by Crippen LogP contribution is -2.12. The third-order valence-corrected chi connectivity index (χ3v) is 2.04. The molecule has 1 heteroatoms. The first-order valence-corrected chi connectivity index (χ1v) is 3.71. The van der Waals surface area contributed by atoms with Crippen molar-refractivity contribution in [3.8, 4) is 0 Å². The van der Waals surface area contributed by atoms with Crippen molar-refractivity contribution in [1.29, 1.82) is 0 Å². The Balaban J connectivity index is 3.32. The number of rotatable bonds is 4. The highest BCUT2D eigenvalue weighted by Gasteiger charge is 2.08. The molecule has 56 valence electrons. The Labute approximate surface area is 58.4 Å². The van der Waals surface area contributed by atoms with Crippen LogP contribution in [0.15, 0.2) is 0 Å². The quantitative estimate of drug-likeness (QED) is 0.567. The van der Waals surface area contributed by atoms with E-state index in [1.807, 2.05) is 0 Å². The van der Waals surface area contributed by atoms with Crippen LogP contribution in [0.2, 0.25) is 0 Å². The maximum atomic E-state index is 5.03. The third kappa shape index (κ3) is 3.52.